The van der Waals surface area contributed by atoms with Gasteiger partial charge in [-0.25, -0.2) is 8.78 Å². The standard InChI is InChI=1S/C10H11F5N2O/c11-6-3-7(12)9(16)8(4-6)17(1-2-18)5-10(13,14)15/h3-4,18H,1-2,5,16H2. The molecular weight excluding hydrogens is 259 g/mol. The lowest BCUT2D eigenvalue weighted by molar-refractivity contribution is -0.119. The third-order valence-electron chi connectivity index (χ3n) is 2.15. The zero-order valence-corrected chi connectivity index (χ0v) is 9.14. The number of aliphatic hydroxyl groups excluding tert-OH is 1. The van der Waals surface area contributed by atoms with Crippen LogP contribution in [0.1, 0.15) is 0 Å². The molecule has 0 fully saturated rings. The van der Waals surface area contributed by atoms with Crippen molar-refractivity contribution in [3.05, 3.63) is 23.8 Å². The van der Waals surface area contributed by atoms with Gasteiger partial charge in [-0.05, 0) is 6.07 Å². The van der Waals surface area contributed by atoms with Crippen LogP contribution in [-0.4, -0.2) is 31.0 Å². The van der Waals surface area contributed by atoms with Crippen LogP contribution in [0.25, 0.3) is 0 Å². The number of anilines is 2. The maximum absolute atomic E-state index is 13.1. The van der Waals surface area contributed by atoms with Gasteiger partial charge in [0.05, 0.1) is 18.0 Å². The van der Waals surface area contributed by atoms with E-state index in [1.807, 2.05) is 0 Å². The molecule has 102 valence electrons. The molecule has 3 N–H and O–H groups in total. The maximum atomic E-state index is 13.1. The third-order valence-corrected chi connectivity index (χ3v) is 2.15. The fourth-order valence-corrected chi connectivity index (χ4v) is 1.45. The first kappa shape index (κ1) is 14.5. The Labute approximate surface area is 99.6 Å². The van der Waals surface area contributed by atoms with Crippen LogP contribution in [0.15, 0.2) is 12.1 Å². The summed E-state index contributed by atoms with van der Waals surface area (Å²) in [4.78, 5) is 0.571. The molecule has 3 nitrogen and oxygen atoms in total. The van der Waals surface area contributed by atoms with Gasteiger partial charge in [0.25, 0.3) is 0 Å². The number of nitrogens with zero attached hydrogens (tertiary/aromatic N) is 1. The summed E-state index contributed by atoms with van der Waals surface area (Å²) in [5, 5.41) is 8.69. The highest BCUT2D eigenvalue weighted by molar-refractivity contribution is 5.68. The van der Waals surface area contributed by atoms with Gasteiger partial charge in [-0.1, -0.05) is 0 Å². The van der Waals surface area contributed by atoms with Crippen molar-refractivity contribution in [1.29, 1.82) is 0 Å². The summed E-state index contributed by atoms with van der Waals surface area (Å²) in [5.74, 6) is -2.18. The van der Waals surface area contributed by atoms with E-state index >= 15 is 0 Å². The summed E-state index contributed by atoms with van der Waals surface area (Å²) in [6.45, 7) is -2.50. The molecule has 0 amide bonds. The molecule has 18 heavy (non-hydrogen) atoms. The minimum absolute atomic E-state index is 0.432. The molecule has 1 aromatic carbocycles. The lowest BCUT2D eigenvalue weighted by Crippen LogP contribution is -2.36. The van der Waals surface area contributed by atoms with E-state index in [-0.39, 0.29) is 0 Å². The van der Waals surface area contributed by atoms with Crippen LogP contribution in [0.5, 0.6) is 0 Å². The molecule has 0 aliphatic carbocycles. The van der Waals surface area contributed by atoms with Crippen LogP contribution >= 0.6 is 0 Å². The maximum Gasteiger partial charge on any atom is 0.405 e. The molecule has 0 spiro atoms. The van der Waals surface area contributed by atoms with E-state index in [2.05, 4.69) is 0 Å². The Balaban J connectivity index is 3.13. The smallest absolute Gasteiger partial charge is 0.395 e. The van der Waals surface area contributed by atoms with Gasteiger partial charge in [0.15, 0.2) is 5.82 Å². The van der Waals surface area contributed by atoms with Crippen molar-refractivity contribution in [2.24, 2.45) is 0 Å². The van der Waals surface area contributed by atoms with Crippen molar-refractivity contribution in [1.82, 2.24) is 0 Å². The van der Waals surface area contributed by atoms with Crippen molar-refractivity contribution in [2.45, 2.75) is 6.18 Å². The molecule has 0 atom stereocenters. The first-order chi connectivity index (χ1) is 8.24. The normalized spacial score (nSPS) is 11.7. The fourth-order valence-electron chi connectivity index (χ4n) is 1.45. The quantitative estimate of drug-likeness (QED) is 0.649. The molecule has 0 aromatic heterocycles. The second kappa shape index (κ2) is 5.38. The molecule has 0 saturated heterocycles. The van der Waals surface area contributed by atoms with Gasteiger partial charge in [0.2, 0.25) is 0 Å². The number of benzene rings is 1. The molecular formula is C10H11F5N2O. The topological polar surface area (TPSA) is 49.5 Å². The van der Waals surface area contributed by atoms with E-state index in [4.69, 9.17) is 10.8 Å². The number of alkyl halides is 3. The predicted octanol–water partition coefficient (Wildman–Crippen LogP) is 1.91. The number of rotatable bonds is 4. The van der Waals surface area contributed by atoms with Gasteiger partial charge in [-0.3, -0.25) is 0 Å². The zero-order chi connectivity index (χ0) is 13.9. The van der Waals surface area contributed by atoms with E-state index in [0.29, 0.717) is 17.0 Å². The lowest BCUT2D eigenvalue weighted by atomic mass is 10.2. The number of nitrogens with two attached hydrogens (primary N) is 1. The van der Waals surface area contributed by atoms with Gasteiger partial charge in [0.1, 0.15) is 12.4 Å². The predicted molar refractivity (Wildman–Crippen MR) is 56.1 cm³/mol. The highest BCUT2D eigenvalue weighted by atomic mass is 19.4. The van der Waals surface area contributed by atoms with E-state index < -0.39 is 48.9 Å². The second-order valence-electron chi connectivity index (χ2n) is 3.58. The van der Waals surface area contributed by atoms with Crippen LogP contribution in [-0.2, 0) is 0 Å². The number of nitrogen functional groups attached to an aromatic ring is 1. The zero-order valence-electron chi connectivity index (χ0n) is 9.14. The number of aliphatic hydroxyl groups is 1. The van der Waals surface area contributed by atoms with Crippen molar-refractivity contribution < 1.29 is 27.1 Å². The number of hydrogen-bond donors (Lipinski definition) is 2. The minimum atomic E-state index is -4.58. The first-order valence-electron chi connectivity index (χ1n) is 4.91. The average molecular weight is 270 g/mol. The Morgan fingerprint density at radius 2 is 1.83 bits per heavy atom. The molecule has 0 saturated carbocycles. The molecule has 0 aliphatic rings. The highest BCUT2D eigenvalue weighted by Crippen LogP contribution is 2.29. The Kier molecular flexibility index (Phi) is 4.33. The Hall–Kier alpha value is -1.57. The molecule has 0 heterocycles. The van der Waals surface area contributed by atoms with Gasteiger partial charge in [0, 0.05) is 12.6 Å². The lowest BCUT2D eigenvalue weighted by Gasteiger charge is -2.26. The molecule has 0 bridgehead atoms. The SMILES string of the molecule is Nc1c(F)cc(F)cc1N(CCO)CC(F)(F)F. The number of hydrogen-bond acceptors (Lipinski definition) is 3. The molecule has 1 aromatic rings. The van der Waals surface area contributed by atoms with E-state index in [0.717, 1.165) is 0 Å². The highest BCUT2D eigenvalue weighted by Gasteiger charge is 2.31. The summed E-state index contributed by atoms with van der Waals surface area (Å²) in [5.41, 5.74) is 4.25. The van der Waals surface area contributed by atoms with Gasteiger partial charge >= 0.3 is 6.18 Å². The van der Waals surface area contributed by atoms with Gasteiger partial charge in [-0.2, -0.15) is 13.2 Å². The van der Waals surface area contributed by atoms with Gasteiger partial charge < -0.3 is 15.7 Å². The average Bonchev–Trinajstić information content (AvgIpc) is 2.21. The Bertz CT molecular complexity index is 421. The minimum Gasteiger partial charge on any atom is -0.395 e. The summed E-state index contributed by atoms with van der Waals surface area (Å²) in [6.07, 6.45) is -4.58. The molecule has 8 heteroatoms. The first-order valence-corrected chi connectivity index (χ1v) is 4.91. The molecule has 1 rings (SSSR count). The van der Waals surface area contributed by atoms with Crippen molar-refractivity contribution in [2.75, 3.05) is 30.3 Å². The third kappa shape index (κ3) is 3.73. The molecule has 0 radical (unpaired) electrons. The fraction of sp³-hybridized carbons (Fsp3) is 0.400. The van der Waals surface area contributed by atoms with Crippen molar-refractivity contribution >= 4 is 11.4 Å². The molecule has 0 unspecified atom stereocenters. The molecule has 0 aliphatic heterocycles. The number of halogens is 5. The van der Waals surface area contributed by atoms with Crippen LogP contribution in [0.3, 0.4) is 0 Å². The van der Waals surface area contributed by atoms with E-state index in [9.17, 15) is 22.0 Å². The Morgan fingerprint density at radius 1 is 1.22 bits per heavy atom. The van der Waals surface area contributed by atoms with Crippen LogP contribution in [0.2, 0.25) is 0 Å². The van der Waals surface area contributed by atoms with Crippen molar-refractivity contribution in [3.63, 3.8) is 0 Å². The summed E-state index contributed by atoms with van der Waals surface area (Å²) in [7, 11) is 0. The van der Waals surface area contributed by atoms with Crippen LogP contribution in [0.4, 0.5) is 33.3 Å². The summed E-state index contributed by atoms with van der Waals surface area (Å²) < 4.78 is 63.0. The van der Waals surface area contributed by atoms with Crippen LogP contribution < -0.4 is 10.6 Å². The summed E-state index contributed by atoms with van der Waals surface area (Å²) in [6, 6.07) is 1.17. The van der Waals surface area contributed by atoms with E-state index in [1.54, 1.807) is 0 Å². The largest absolute Gasteiger partial charge is 0.405 e. The summed E-state index contributed by atoms with van der Waals surface area (Å²) >= 11 is 0. The van der Waals surface area contributed by atoms with E-state index in [1.165, 1.54) is 0 Å². The second-order valence-corrected chi connectivity index (χ2v) is 3.58. The monoisotopic (exact) mass is 270 g/mol. The Morgan fingerprint density at radius 3 is 2.33 bits per heavy atom. The van der Waals surface area contributed by atoms with Crippen molar-refractivity contribution in [3.8, 4) is 0 Å². The van der Waals surface area contributed by atoms with Gasteiger partial charge in [-0.15, -0.1) is 0 Å². The van der Waals surface area contributed by atoms with Crippen LogP contribution in [0, 0.1) is 11.6 Å².